The summed E-state index contributed by atoms with van der Waals surface area (Å²) in [6.07, 6.45) is 1.60. The van der Waals surface area contributed by atoms with Crippen molar-refractivity contribution in [3.63, 3.8) is 0 Å². The van der Waals surface area contributed by atoms with Crippen LogP contribution in [0.3, 0.4) is 0 Å². The van der Waals surface area contributed by atoms with Gasteiger partial charge in [-0.1, -0.05) is 18.2 Å². The molecule has 158 valence electrons. The lowest BCUT2D eigenvalue weighted by Gasteiger charge is -2.37. The molecule has 0 saturated carbocycles. The van der Waals surface area contributed by atoms with E-state index in [9.17, 15) is 4.39 Å². The number of rotatable bonds is 6. The molecule has 1 aliphatic rings. The molecule has 2 aromatic rings. The number of nitrogens with zero attached hydrogens (tertiary/aromatic N) is 4. The number of piperazine rings is 1. The van der Waals surface area contributed by atoms with Crippen LogP contribution >= 0.6 is 24.0 Å². The van der Waals surface area contributed by atoms with E-state index in [0.29, 0.717) is 6.54 Å². The summed E-state index contributed by atoms with van der Waals surface area (Å²) >= 11 is 0. The van der Waals surface area contributed by atoms with Gasteiger partial charge in [0.25, 0.3) is 0 Å². The minimum Gasteiger partial charge on any atom is -0.486 e. The van der Waals surface area contributed by atoms with Gasteiger partial charge in [0.1, 0.15) is 11.9 Å². The summed E-state index contributed by atoms with van der Waals surface area (Å²) in [5.41, 5.74) is 0. The zero-order valence-corrected chi connectivity index (χ0v) is 19.3. The second kappa shape index (κ2) is 11.8. The van der Waals surface area contributed by atoms with E-state index in [-0.39, 0.29) is 41.6 Å². The number of aromatic nitrogens is 1. The van der Waals surface area contributed by atoms with Crippen molar-refractivity contribution in [3.8, 4) is 5.75 Å². The molecular weight excluding hydrogens is 484 g/mol. The molecule has 1 atom stereocenters. The van der Waals surface area contributed by atoms with Crippen molar-refractivity contribution in [1.82, 2.24) is 15.2 Å². The zero-order chi connectivity index (χ0) is 19.8. The normalized spacial score (nSPS) is 15.5. The fourth-order valence-corrected chi connectivity index (χ4v) is 3.12. The Balaban J connectivity index is 0.00000300. The summed E-state index contributed by atoms with van der Waals surface area (Å²) in [7, 11) is 0. The zero-order valence-electron chi connectivity index (χ0n) is 16.9. The number of pyridine rings is 1. The molecule has 3 rings (SSSR count). The number of para-hydroxylation sites is 1. The van der Waals surface area contributed by atoms with Crippen molar-refractivity contribution in [2.24, 2.45) is 4.99 Å². The van der Waals surface area contributed by atoms with Crippen molar-refractivity contribution in [2.45, 2.75) is 20.0 Å². The number of ether oxygens (including phenoxy) is 1. The predicted molar refractivity (Wildman–Crippen MR) is 126 cm³/mol. The quantitative estimate of drug-likeness (QED) is 0.365. The average Bonchev–Trinajstić information content (AvgIpc) is 2.73. The standard InChI is InChI=1S/C21H28FN5O.HI/c1-3-23-21(25-16-17(2)28-19-9-5-4-8-18(19)22)27-14-12-26(13-15-27)20-10-6-7-11-24-20;/h4-11,17H,3,12-16H2,1-2H3,(H,23,25);1H. The highest BCUT2D eigenvalue weighted by atomic mass is 127. The first-order valence-corrected chi connectivity index (χ1v) is 9.77. The van der Waals surface area contributed by atoms with E-state index >= 15 is 0 Å². The van der Waals surface area contributed by atoms with Crippen LogP contribution in [-0.4, -0.2) is 61.2 Å². The van der Waals surface area contributed by atoms with Gasteiger partial charge in [-0.05, 0) is 38.1 Å². The fourth-order valence-electron chi connectivity index (χ4n) is 3.12. The van der Waals surface area contributed by atoms with Gasteiger partial charge in [0.05, 0.1) is 6.54 Å². The molecule has 0 spiro atoms. The van der Waals surface area contributed by atoms with Gasteiger partial charge in [-0.15, -0.1) is 24.0 Å². The van der Waals surface area contributed by atoms with Crippen LogP contribution in [0.2, 0.25) is 0 Å². The van der Waals surface area contributed by atoms with Crippen LogP contribution in [0.1, 0.15) is 13.8 Å². The Kier molecular flexibility index (Phi) is 9.43. The third-order valence-electron chi connectivity index (χ3n) is 4.55. The summed E-state index contributed by atoms with van der Waals surface area (Å²) in [6.45, 7) is 8.72. The molecule has 6 nitrogen and oxygen atoms in total. The van der Waals surface area contributed by atoms with E-state index in [1.165, 1.54) is 6.07 Å². The lowest BCUT2D eigenvalue weighted by atomic mass is 10.3. The Morgan fingerprint density at radius 2 is 1.90 bits per heavy atom. The Bertz CT molecular complexity index is 769. The van der Waals surface area contributed by atoms with Crippen molar-refractivity contribution in [2.75, 3.05) is 44.2 Å². The Labute approximate surface area is 189 Å². The summed E-state index contributed by atoms with van der Waals surface area (Å²) in [5.74, 6) is 1.79. The van der Waals surface area contributed by atoms with Crippen molar-refractivity contribution >= 4 is 35.8 Å². The first-order chi connectivity index (χ1) is 13.7. The summed E-state index contributed by atoms with van der Waals surface area (Å²) < 4.78 is 19.4. The molecule has 0 radical (unpaired) electrons. The maximum absolute atomic E-state index is 13.7. The summed E-state index contributed by atoms with van der Waals surface area (Å²) in [6, 6.07) is 12.4. The average molecular weight is 513 g/mol. The predicted octanol–water partition coefficient (Wildman–Crippen LogP) is 3.39. The van der Waals surface area contributed by atoms with Crippen LogP contribution in [0.15, 0.2) is 53.7 Å². The number of halogens is 2. The number of aliphatic imine (C=N–C) groups is 1. The lowest BCUT2D eigenvalue weighted by molar-refractivity contribution is 0.219. The van der Waals surface area contributed by atoms with Crippen LogP contribution in [0, 0.1) is 5.82 Å². The van der Waals surface area contributed by atoms with Crippen molar-refractivity contribution in [3.05, 3.63) is 54.5 Å². The molecule has 1 N–H and O–H groups in total. The largest absolute Gasteiger partial charge is 0.486 e. The number of anilines is 1. The maximum atomic E-state index is 13.7. The number of hydrogen-bond acceptors (Lipinski definition) is 4. The van der Waals surface area contributed by atoms with E-state index in [0.717, 1.165) is 44.5 Å². The molecule has 29 heavy (non-hydrogen) atoms. The Hall–Kier alpha value is -2.10. The first kappa shape index (κ1) is 23.2. The van der Waals surface area contributed by atoms with E-state index in [2.05, 4.69) is 27.0 Å². The monoisotopic (exact) mass is 513 g/mol. The maximum Gasteiger partial charge on any atom is 0.194 e. The van der Waals surface area contributed by atoms with Gasteiger partial charge in [0, 0.05) is 38.9 Å². The van der Waals surface area contributed by atoms with Gasteiger partial charge in [0.15, 0.2) is 17.5 Å². The van der Waals surface area contributed by atoms with Crippen LogP contribution in [0.25, 0.3) is 0 Å². The molecule has 1 aromatic carbocycles. The number of hydrogen-bond donors (Lipinski definition) is 1. The van der Waals surface area contributed by atoms with Gasteiger partial charge >= 0.3 is 0 Å². The highest BCUT2D eigenvalue weighted by Gasteiger charge is 2.20. The van der Waals surface area contributed by atoms with Crippen LogP contribution in [0.5, 0.6) is 5.75 Å². The van der Waals surface area contributed by atoms with E-state index in [1.807, 2.05) is 31.3 Å². The lowest BCUT2D eigenvalue weighted by Crippen LogP contribution is -2.53. The third-order valence-corrected chi connectivity index (χ3v) is 4.55. The van der Waals surface area contributed by atoms with E-state index < -0.39 is 0 Å². The minimum absolute atomic E-state index is 0. The highest BCUT2D eigenvalue weighted by molar-refractivity contribution is 14.0. The first-order valence-electron chi connectivity index (χ1n) is 9.77. The second-order valence-corrected chi connectivity index (χ2v) is 6.72. The van der Waals surface area contributed by atoms with Crippen LogP contribution in [0.4, 0.5) is 10.2 Å². The molecule has 1 saturated heterocycles. The van der Waals surface area contributed by atoms with Gasteiger partial charge in [-0.3, -0.25) is 0 Å². The number of nitrogens with one attached hydrogen (secondary N) is 1. The van der Waals surface area contributed by atoms with Crippen molar-refractivity contribution in [1.29, 1.82) is 0 Å². The van der Waals surface area contributed by atoms with Gasteiger partial charge in [0.2, 0.25) is 0 Å². The van der Waals surface area contributed by atoms with Gasteiger partial charge in [-0.25, -0.2) is 14.4 Å². The van der Waals surface area contributed by atoms with Gasteiger partial charge < -0.3 is 19.9 Å². The molecule has 8 heteroatoms. The Morgan fingerprint density at radius 1 is 1.17 bits per heavy atom. The highest BCUT2D eigenvalue weighted by Crippen LogP contribution is 2.17. The smallest absolute Gasteiger partial charge is 0.194 e. The number of guanidine groups is 1. The topological polar surface area (TPSA) is 53.0 Å². The molecule has 0 bridgehead atoms. The van der Waals surface area contributed by atoms with E-state index in [4.69, 9.17) is 9.73 Å². The third kappa shape index (κ3) is 6.73. The van der Waals surface area contributed by atoms with Crippen LogP contribution < -0.4 is 15.0 Å². The molecule has 1 aromatic heterocycles. The molecule has 0 aliphatic carbocycles. The molecule has 1 unspecified atom stereocenters. The van der Waals surface area contributed by atoms with E-state index in [1.54, 1.807) is 18.2 Å². The Morgan fingerprint density at radius 3 is 2.55 bits per heavy atom. The second-order valence-electron chi connectivity index (χ2n) is 6.72. The van der Waals surface area contributed by atoms with Crippen LogP contribution in [-0.2, 0) is 0 Å². The summed E-state index contributed by atoms with van der Waals surface area (Å²) in [4.78, 5) is 13.7. The summed E-state index contributed by atoms with van der Waals surface area (Å²) in [5, 5.41) is 3.35. The molecular formula is C21H29FIN5O. The van der Waals surface area contributed by atoms with Gasteiger partial charge in [-0.2, -0.15) is 0 Å². The molecule has 2 heterocycles. The SMILES string of the molecule is CCNC(=NCC(C)Oc1ccccc1F)N1CCN(c2ccccn2)CC1.I. The molecule has 0 amide bonds. The molecule has 1 fully saturated rings. The minimum atomic E-state index is -0.351. The number of benzene rings is 1. The molecule has 1 aliphatic heterocycles. The van der Waals surface area contributed by atoms with Crippen molar-refractivity contribution < 1.29 is 9.13 Å². The fraction of sp³-hybridized carbons (Fsp3) is 0.429.